The van der Waals surface area contributed by atoms with Crippen molar-refractivity contribution in [1.82, 2.24) is 4.40 Å². The fourth-order valence-electron chi connectivity index (χ4n) is 4.32. The number of hydrogen-bond acceptors (Lipinski definition) is 8. The van der Waals surface area contributed by atoms with Gasteiger partial charge in [-0.3, -0.25) is 15.0 Å². The van der Waals surface area contributed by atoms with Gasteiger partial charge in [-0.2, -0.15) is 0 Å². The number of aromatic carboxylic acids is 1. The van der Waals surface area contributed by atoms with E-state index in [2.05, 4.69) is 5.43 Å². The van der Waals surface area contributed by atoms with E-state index in [1.807, 2.05) is 4.90 Å². The van der Waals surface area contributed by atoms with Crippen LogP contribution in [0.3, 0.4) is 0 Å². The Hall–Kier alpha value is -2.89. The molecule has 2 aliphatic rings. The van der Waals surface area contributed by atoms with Crippen molar-refractivity contribution in [1.29, 1.82) is 0 Å². The van der Waals surface area contributed by atoms with Gasteiger partial charge in [-0.25, -0.2) is 9.18 Å². The lowest BCUT2D eigenvalue weighted by Gasteiger charge is -2.28. The number of nitrogens with two attached hydrogens (primary N) is 2. The number of thiazole rings is 1. The van der Waals surface area contributed by atoms with Crippen molar-refractivity contribution in [3.8, 4) is 5.75 Å². The second kappa shape index (κ2) is 6.31. The van der Waals surface area contributed by atoms with Crippen molar-refractivity contribution in [3.63, 3.8) is 0 Å². The first-order chi connectivity index (χ1) is 14.0. The van der Waals surface area contributed by atoms with Crippen LogP contribution in [0.25, 0.3) is 15.7 Å². The average molecular weight is 419 g/mol. The van der Waals surface area contributed by atoms with Crippen molar-refractivity contribution >= 4 is 44.4 Å². The zero-order chi connectivity index (χ0) is 20.4. The SMILES string of the molecule is NCC1CCN(c2c(F)c(NN)c3c(=O)c(C(=O)O)c4scc5n4c3c2OC5)C1. The summed E-state index contributed by atoms with van der Waals surface area (Å²) in [5.41, 5.74) is 7.85. The van der Waals surface area contributed by atoms with Gasteiger partial charge in [0.2, 0.25) is 5.43 Å². The highest BCUT2D eigenvalue weighted by molar-refractivity contribution is 7.16. The quantitative estimate of drug-likeness (QED) is 0.367. The number of halogens is 1. The first kappa shape index (κ1) is 18.2. The summed E-state index contributed by atoms with van der Waals surface area (Å²) in [5.74, 6) is 3.94. The van der Waals surface area contributed by atoms with Crippen LogP contribution >= 0.6 is 11.3 Å². The number of benzene rings is 1. The molecule has 29 heavy (non-hydrogen) atoms. The van der Waals surface area contributed by atoms with Crippen LogP contribution in [0.5, 0.6) is 5.75 Å². The summed E-state index contributed by atoms with van der Waals surface area (Å²) < 4.78 is 23.2. The summed E-state index contributed by atoms with van der Waals surface area (Å²) in [6.45, 7) is 1.78. The molecule has 0 bridgehead atoms. The van der Waals surface area contributed by atoms with E-state index in [0.717, 1.165) is 17.8 Å². The first-order valence-corrected chi connectivity index (χ1v) is 9.97. The van der Waals surface area contributed by atoms with Gasteiger partial charge in [-0.1, -0.05) is 0 Å². The Balaban J connectivity index is 1.96. The number of nitrogen functional groups attached to an aromatic ring is 1. The lowest BCUT2D eigenvalue weighted by atomic mass is 10.0. The number of aromatic nitrogens is 1. The van der Waals surface area contributed by atoms with E-state index in [-0.39, 0.29) is 39.9 Å². The molecule has 1 saturated heterocycles. The van der Waals surface area contributed by atoms with E-state index < -0.39 is 22.8 Å². The monoisotopic (exact) mass is 419 g/mol. The molecule has 0 saturated carbocycles. The second-order valence-corrected chi connectivity index (χ2v) is 8.09. The normalized spacial score (nSPS) is 18.0. The third kappa shape index (κ3) is 2.32. The number of carboxylic acids is 1. The largest absolute Gasteiger partial charge is 0.483 e. The van der Waals surface area contributed by atoms with E-state index >= 15 is 4.39 Å². The molecular weight excluding hydrogens is 401 g/mol. The molecule has 0 radical (unpaired) electrons. The molecule has 5 rings (SSSR count). The molecule has 1 aromatic carbocycles. The van der Waals surface area contributed by atoms with Gasteiger partial charge in [-0.15, -0.1) is 11.3 Å². The molecule has 0 aliphatic carbocycles. The van der Waals surface area contributed by atoms with Gasteiger partial charge in [0.1, 0.15) is 33.9 Å². The van der Waals surface area contributed by atoms with E-state index in [0.29, 0.717) is 30.8 Å². The molecule has 1 atom stereocenters. The van der Waals surface area contributed by atoms with Gasteiger partial charge >= 0.3 is 5.97 Å². The standard InChI is InChI=1S/C18H18FN5O4S/c19-11-12(22-21)9-13-16(14(11)23-2-1-7(3-20)4-23)28-5-8-6-29-17(24(8)13)10(15(9)25)18(26)27/h6-7,22H,1-5,20-21H2,(H,26,27). The minimum atomic E-state index is -1.37. The molecule has 3 aromatic rings. The van der Waals surface area contributed by atoms with Crippen LogP contribution in [0.2, 0.25) is 0 Å². The predicted molar refractivity (Wildman–Crippen MR) is 107 cm³/mol. The van der Waals surface area contributed by atoms with Crippen molar-refractivity contribution in [2.45, 2.75) is 13.0 Å². The summed E-state index contributed by atoms with van der Waals surface area (Å²) in [7, 11) is 0. The smallest absolute Gasteiger partial charge is 0.342 e. The third-order valence-electron chi connectivity index (χ3n) is 5.69. The van der Waals surface area contributed by atoms with Crippen molar-refractivity contribution in [3.05, 3.63) is 32.7 Å². The van der Waals surface area contributed by atoms with E-state index in [9.17, 15) is 14.7 Å². The molecule has 0 amide bonds. The maximum absolute atomic E-state index is 15.6. The lowest BCUT2D eigenvalue weighted by molar-refractivity contribution is 0.0697. The van der Waals surface area contributed by atoms with Crippen LogP contribution in [0, 0.1) is 11.7 Å². The third-order valence-corrected chi connectivity index (χ3v) is 6.69. The number of ether oxygens (including phenoxy) is 1. The minimum Gasteiger partial charge on any atom is -0.483 e. The van der Waals surface area contributed by atoms with Crippen LogP contribution in [-0.4, -0.2) is 35.1 Å². The summed E-state index contributed by atoms with van der Waals surface area (Å²) in [6, 6.07) is 0. The maximum atomic E-state index is 15.6. The molecule has 9 nitrogen and oxygen atoms in total. The Labute approximate surface area is 167 Å². The molecule has 2 aliphatic heterocycles. The van der Waals surface area contributed by atoms with E-state index in [1.165, 1.54) is 0 Å². The second-order valence-electron chi connectivity index (χ2n) is 7.24. The Kier molecular flexibility index (Phi) is 3.95. The fraction of sp³-hybridized carbons (Fsp3) is 0.333. The van der Waals surface area contributed by atoms with Gasteiger partial charge < -0.3 is 25.9 Å². The molecule has 1 fully saturated rings. The van der Waals surface area contributed by atoms with E-state index in [4.69, 9.17) is 16.3 Å². The first-order valence-electron chi connectivity index (χ1n) is 9.09. The van der Waals surface area contributed by atoms with Crippen LogP contribution in [0.1, 0.15) is 22.5 Å². The Morgan fingerprint density at radius 1 is 1.48 bits per heavy atom. The van der Waals surface area contributed by atoms with Gasteiger partial charge in [0, 0.05) is 18.5 Å². The van der Waals surface area contributed by atoms with Crippen molar-refractivity contribution < 1.29 is 19.0 Å². The topological polar surface area (TPSA) is 135 Å². The van der Waals surface area contributed by atoms with Crippen molar-refractivity contribution in [2.24, 2.45) is 17.5 Å². The number of hydrogen-bond donors (Lipinski definition) is 4. The average Bonchev–Trinajstić information content (AvgIpc) is 3.34. The summed E-state index contributed by atoms with van der Waals surface area (Å²) in [4.78, 5) is 27.1. The summed E-state index contributed by atoms with van der Waals surface area (Å²) >= 11 is 1.14. The Bertz CT molecular complexity index is 1250. The number of rotatable bonds is 4. The van der Waals surface area contributed by atoms with Crippen LogP contribution < -0.4 is 32.1 Å². The highest BCUT2D eigenvalue weighted by Crippen LogP contribution is 2.47. The van der Waals surface area contributed by atoms with Gasteiger partial charge in [-0.05, 0) is 18.9 Å². The number of pyridine rings is 1. The number of carbonyl (C=O) groups is 1. The minimum absolute atomic E-state index is 0.132. The molecule has 152 valence electrons. The zero-order valence-electron chi connectivity index (χ0n) is 15.2. The molecule has 6 N–H and O–H groups in total. The number of hydrazine groups is 1. The van der Waals surface area contributed by atoms with Crippen LogP contribution in [-0.2, 0) is 6.61 Å². The highest BCUT2D eigenvalue weighted by atomic mass is 32.1. The maximum Gasteiger partial charge on any atom is 0.342 e. The molecule has 11 heteroatoms. The molecule has 2 aromatic heterocycles. The summed E-state index contributed by atoms with van der Waals surface area (Å²) in [6.07, 6.45) is 0.815. The lowest BCUT2D eigenvalue weighted by Crippen LogP contribution is -2.28. The molecule has 1 unspecified atom stereocenters. The molecule has 4 heterocycles. The van der Waals surface area contributed by atoms with Crippen LogP contribution in [0.15, 0.2) is 10.2 Å². The summed E-state index contributed by atoms with van der Waals surface area (Å²) in [5, 5.41) is 11.2. The number of carboxylic acid groups (broad SMARTS) is 1. The van der Waals surface area contributed by atoms with Gasteiger partial charge in [0.05, 0.1) is 11.1 Å². The molecular formula is C18H18FN5O4S. The van der Waals surface area contributed by atoms with E-state index in [1.54, 1.807) is 9.78 Å². The van der Waals surface area contributed by atoms with Crippen LogP contribution in [0.4, 0.5) is 15.8 Å². The Morgan fingerprint density at radius 3 is 2.93 bits per heavy atom. The zero-order valence-corrected chi connectivity index (χ0v) is 16.0. The predicted octanol–water partition coefficient (Wildman–Crippen LogP) is 1.31. The van der Waals surface area contributed by atoms with Crippen molar-refractivity contribution in [2.75, 3.05) is 30.0 Å². The highest BCUT2D eigenvalue weighted by Gasteiger charge is 2.35. The Morgan fingerprint density at radius 2 is 2.28 bits per heavy atom. The fourth-order valence-corrected chi connectivity index (χ4v) is 5.35. The number of anilines is 2. The number of nitrogens with one attached hydrogen (secondary N) is 1. The number of nitrogens with zero attached hydrogens (tertiary/aromatic N) is 2. The van der Waals surface area contributed by atoms with Gasteiger partial charge in [0.15, 0.2) is 11.6 Å². The van der Waals surface area contributed by atoms with Gasteiger partial charge in [0.25, 0.3) is 0 Å². The molecule has 0 spiro atoms.